The summed E-state index contributed by atoms with van der Waals surface area (Å²) < 4.78 is -0.625. The number of carbonyl (C=O) groups excluding carboxylic acids is 2. The first kappa shape index (κ1) is 12.4. The van der Waals surface area contributed by atoms with Gasteiger partial charge in [0.25, 0.3) is 0 Å². The first-order valence-corrected chi connectivity index (χ1v) is 4.72. The quantitative estimate of drug-likeness (QED) is 0.736. The Morgan fingerprint density at radius 1 is 1.38 bits per heavy atom. The number of amides is 2. The highest BCUT2D eigenvalue weighted by Gasteiger charge is 2.23. The fourth-order valence-corrected chi connectivity index (χ4v) is 0.664. The molecule has 0 aliphatic rings. The first-order valence-electron chi connectivity index (χ1n) is 3.92. The number of carbonyl (C=O) groups is 2. The van der Waals surface area contributed by atoms with E-state index in [-0.39, 0.29) is 18.4 Å². The predicted molar refractivity (Wildman–Crippen MR) is 54.7 cm³/mol. The molecule has 2 amide bonds. The molecular weight excluding hydrogens is 236 g/mol. The molecule has 0 radical (unpaired) electrons. The fourth-order valence-electron chi connectivity index (χ4n) is 0.524. The van der Waals surface area contributed by atoms with Crippen molar-refractivity contribution in [3.63, 3.8) is 0 Å². The summed E-state index contributed by atoms with van der Waals surface area (Å²) in [6.45, 7) is 3.49. The van der Waals surface area contributed by atoms with Crippen LogP contribution in [0.1, 0.15) is 13.8 Å². The van der Waals surface area contributed by atoms with E-state index in [0.717, 1.165) is 0 Å². The summed E-state index contributed by atoms with van der Waals surface area (Å²) >= 11 is 3.19. The summed E-state index contributed by atoms with van der Waals surface area (Å²) in [4.78, 5) is 23.8. The van der Waals surface area contributed by atoms with Gasteiger partial charge in [-0.3, -0.25) is 9.59 Å². The molecule has 0 atom stereocenters. The minimum absolute atomic E-state index is 0.0425. The zero-order valence-corrected chi connectivity index (χ0v) is 9.93. The number of alkyl halides is 1. The van der Waals surface area contributed by atoms with Crippen LogP contribution in [0.2, 0.25) is 0 Å². The van der Waals surface area contributed by atoms with Gasteiger partial charge in [0.05, 0.1) is 10.9 Å². The molecule has 0 bridgehead atoms. The molecule has 0 aromatic heterocycles. The molecule has 0 rings (SSSR count). The maximum absolute atomic E-state index is 11.3. The summed E-state index contributed by atoms with van der Waals surface area (Å²) in [5, 5.41) is 2.53. The highest BCUT2D eigenvalue weighted by molar-refractivity contribution is 9.10. The van der Waals surface area contributed by atoms with Crippen molar-refractivity contribution in [1.82, 2.24) is 10.2 Å². The third-order valence-corrected chi connectivity index (χ3v) is 1.80. The lowest BCUT2D eigenvalue weighted by Gasteiger charge is -2.16. The Morgan fingerprint density at radius 2 is 1.85 bits per heavy atom. The summed E-state index contributed by atoms with van der Waals surface area (Å²) in [5.74, 6) is -0.312. The van der Waals surface area contributed by atoms with Gasteiger partial charge in [-0.2, -0.15) is 0 Å². The number of hydrogen-bond donors (Lipinski definition) is 1. The van der Waals surface area contributed by atoms with Gasteiger partial charge in [-0.1, -0.05) is 15.9 Å². The summed E-state index contributed by atoms with van der Waals surface area (Å²) in [5.41, 5.74) is 0. The van der Waals surface area contributed by atoms with Gasteiger partial charge in [0.1, 0.15) is 0 Å². The van der Waals surface area contributed by atoms with Gasteiger partial charge in [0.15, 0.2) is 0 Å². The molecule has 1 N–H and O–H groups in total. The van der Waals surface area contributed by atoms with Crippen molar-refractivity contribution >= 4 is 27.7 Å². The summed E-state index contributed by atoms with van der Waals surface area (Å²) in [7, 11) is 3.29. The SMILES string of the molecule is CN(C)C(=O)CNC(=O)C(C)(C)Br. The highest BCUT2D eigenvalue weighted by atomic mass is 79.9. The lowest BCUT2D eigenvalue weighted by Crippen LogP contribution is -2.42. The van der Waals surface area contributed by atoms with Crippen molar-refractivity contribution in [2.24, 2.45) is 0 Å². The van der Waals surface area contributed by atoms with Crippen molar-refractivity contribution < 1.29 is 9.59 Å². The standard InChI is InChI=1S/C8H15BrN2O2/c1-8(2,9)7(13)10-5-6(12)11(3)4/h5H2,1-4H3,(H,10,13). The van der Waals surface area contributed by atoms with Crippen LogP contribution in [0.5, 0.6) is 0 Å². The molecule has 4 nitrogen and oxygen atoms in total. The second kappa shape index (κ2) is 4.60. The second-order valence-corrected chi connectivity index (χ2v) is 5.43. The van der Waals surface area contributed by atoms with Crippen molar-refractivity contribution in [3.05, 3.63) is 0 Å². The number of rotatable bonds is 3. The number of hydrogen-bond acceptors (Lipinski definition) is 2. The lowest BCUT2D eigenvalue weighted by molar-refractivity contribution is -0.131. The minimum atomic E-state index is -0.625. The third-order valence-electron chi connectivity index (χ3n) is 1.44. The van der Waals surface area contributed by atoms with Crippen LogP contribution < -0.4 is 5.32 Å². The average molecular weight is 251 g/mol. The molecular formula is C8H15BrN2O2. The van der Waals surface area contributed by atoms with Crippen molar-refractivity contribution in [2.45, 2.75) is 18.2 Å². The Kier molecular flexibility index (Phi) is 4.39. The van der Waals surface area contributed by atoms with Crippen LogP contribution in [-0.2, 0) is 9.59 Å². The number of nitrogens with zero attached hydrogens (tertiary/aromatic N) is 1. The Hall–Kier alpha value is -0.580. The van der Waals surface area contributed by atoms with Crippen LogP contribution in [0.15, 0.2) is 0 Å². The molecule has 0 aromatic rings. The highest BCUT2D eigenvalue weighted by Crippen LogP contribution is 2.14. The fraction of sp³-hybridized carbons (Fsp3) is 0.750. The molecule has 0 saturated carbocycles. The largest absolute Gasteiger partial charge is 0.347 e. The Morgan fingerprint density at radius 3 is 2.15 bits per heavy atom. The smallest absolute Gasteiger partial charge is 0.241 e. The number of nitrogens with one attached hydrogen (secondary N) is 1. The van der Waals surface area contributed by atoms with E-state index in [2.05, 4.69) is 21.2 Å². The topological polar surface area (TPSA) is 49.4 Å². The molecule has 0 heterocycles. The average Bonchev–Trinajstić information content (AvgIpc) is 1.97. The van der Waals surface area contributed by atoms with Crippen molar-refractivity contribution in [2.75, 3.05) is 20.6 Å². The molecule has 0 unspecified atom stereocenters. The monoisotopic (exact) mass is 250 g/mol. The van der Waals surface area contributed by atoms with Crippen molar-refractivity contribution in [1.29, 1.82) is 0 Å². The van der Waals surface area contributed by atoms with E-state index in [1.807, 2.05) is 0 Å². The third kappa shape index (κ3) is 4.87. The molecule has 0 aliphatic carbocycles. The van der Waals surface area contributed by atoms with E-state index in [0.29, 0.717) is 0 Å². The Labute approximate surface area is 86.8 Å². The summed E-state index contributed by atoms with van der Waals surface area (Å²) in [6, 6.07) is 0. The van der Waals surface area contributed by atoms with E-state index in [1.54, 1.807) is 27.9 Å². The molecule has 0 spiro atoms. The predicted octanol–water partition coefficient (Wildman–Crippen LogP) is 0.364. The van der Waals surface area contributed by atoms with Gasteiger partial charge in [-0.05, 0) is 13.8 Å². The van der Waals surface area contributed by atoms with Gasteiger partial charge in [0.2, 0.25) is 11.8 Å². The van der Waals surface area contributed by atoms with E-state index >= 15 is 0 Å². The minimum Gasteiger partial charge on any atom is -0.347 e. The van der Waals surface area contributed by atoms with Crippen LogP contribution in [0, 0.1) is 0 Å². The Bertz CT molecular complexity index is 209. The molecule has 0 saturated heterocycles. The zero-order chi connectivity index (χ0) is 10.6. The van der Waals surface area contributed by atoms with Gasteiger partial charge in [0, 0.05) is 14.1 Å². The van der Waals surface area contributed by atoms with Gasteiger partial charge >= 0.3 is 0 Å². The van der Waals surface area contributed by atoms with Crippen LogP contribution in [0.4, 0.5) is 0 Å². The number of halogens is 1. The number of likely N-dealkylation sites (N-methyl/N-ethyl adjacent to an activating group) is 1. The first-order chi connectivity index (χ1) is 5.75. The van der Waals surface area contributed by atoms with Crippen LogP contribution in [0.25, 0.3) is 0 Å². The van der Waals surface area contributed by atoms with E-state index in [9.17, 15) is 9.59 Å². The van der Waals surface area contributed by atoms with E-state index < -0.39 is 4.32 Å². The zero-order valence-electron chi connectivity index (χ0n) is 8.35. The molecule has 0 fully saturated rings. The molecule has 0 aliphatic heterocycles. The maximum Gasteiger partial charge on any atom is 0.241 e. The second-order valence-electron chi connectivity index (χ2n) is 3.44. The lowest BCUT2D eigenvalue weighted by atomic mass is 10.2. The van der Waals surface area contributed by atoms with Crippen LogP contribution in [-0.4, -0.2) is 41.7 Å². The molecule has 5 heteroatoms. The van der Waals surface area contributed by atoms with Crippen LogP contribution in [0.3, 0.4) is 0 Å². The molecule has 76 valence electrons. The normalized spacial score (nSPS) is 10.8. The van der Waals surface area contributed by atoms with Crippen LogP contribution >= 0.6 is 15.9 Å². The van der Waals surface area contributed by atoms with E-state index in [4.69, 9.17) is 0 Å². The molecule has 13 heavy (non-hydrogen) atoms. The van der Waals surface area contributed by atoms with Gasteiger partial charge in [-0.25, -0.2) is 0 Å². The Balaban J connectivity index is 3.92. The maximum atomic E-state index is 11.3. The van der Waals surface area contributed by atoms with Gasteiger partial charge in [-0.15, -0.1) is 0 Å². The van der Waals surface area contributed by atoms with Gasteiger partial charge < -0.3 is 10.2 Å². The summed E-state index contributed by atoms with van der Waals surface area (Å²) in [6.07, 6.45) is 0. The molecule has 0 aromatic carbocycles. The van der Waals surface area contributed by atoms with E-state index in [1.165, 1.54) is 4.90 Å². The van der Waals surface area contributed by atoms with Crippen molar-refractivity contribution in [3.8, 4) is 0 Å².